The summed E-state index contributed by atoms with van der Waals surface area (Å²) < 4.78 is 49.0. The summed E-state index contributed by atoms with van der Waals surface area (Å²) in [5, 5.41) is 3.18. The summed E-state index contributed by atoms with van der Waals surface area (Å²) in [6.07, 6.45) is 2.34. The third-order valence-corrected chi connectivity index (χ3v) is 4.53. The molecule has 0 radical (unpaired) electrons. The average Bonchev–Trinajstić information content (AvgIpc) is 3.19. The van der Waals surface area contributed by atoms with E-state index in [-0.39, 0.29) is 35.2 Å². The molecule has 0 bridgehead atoms. The van der Waals surface area contributed by atoms with Crippen LogP contribution in [-0.4, -0.2) is 45.8 Å². The molecule has 1 rings (SSSR count). The van der Waals surface area contributed by atoms with E-state index in [1.54, 1.807) is 0 Å². The van der Waals surface area contributed by atoms with Crippen LogP contribution in [0.2, 0.25) is 0 Å². The summed E-state index contributed by atoms with van der Waals surface area (Å²) in [6.45, 7) is 0.469. The summed E-state index contributed by atoms with van der Waals surface area (Å²) in [6, 6.07) is 0. The molecule has 0 aliphatic carbocycles. The Morgan fingerprint density at radius 2 is 1.75 bits per heavy atom. The van der Waals surface area contributed by atoms with E-state index in [9.17, 15) is 16.8 Å². The number of ether oxygens (including phenoxy) is 1. The van der Waals surface area contributed by atoms with Crippen LogP contribution in [0.3, 0.4) is 0 Å². The van der Waals surface area contributed by atoms with Crippen molar-refractivity contribution in [2.24, 2.45) is 5.11 Å². The number of nitrogens with zero attached hydrogens (tertiary/aromatic N) is 3. The Morgan fingerprint density at radius 3 is 2.25 bits per heavy atom. The zero-order valence-electron chi connectivity index (χ0n) is 10.7. The normalized spacial score (nSPS) is 16.1. The third kappa shape index (κ3) is 6.71. The van der Waals surface area contributed by atoms with Crippen LogP contribution >= 0.6 is 0 Å². The van der Waals surface area contributed by atoms with Gasteiger partial charge in [-0.1, -0.05) is 5.11 Å². The molecule has 10 heteroatoms. The fourth-order valence-corrected chi connectivity index (χ4v) is 2.67. The average molecular weight is 321 g/mol. The monoisotopic (exact) mass is 321 g/mol. The lowest BCUT2D eigenvalue weighted by atomic mass is 10.1. The van der Waals surface area contributed by atoms with Crippen molar-refractivity contribution in [3.8, 4) is 0 Å². The van der Waals surface area contributed by atoms with Gasteiger partial charge in [-0.05, 0) is 37.6 Å². The van der Waals surface area contributed by atoms with Crippen molar-refractivity contribution in [2.75, 3.05) is 13.2 Å². The number of rotatable bonds is 9. The molecule has 1 atom stereocenters. The minimum absolute atomic E-state index is 0.0104. The molecule has 0 aromatic heterocycles. The van der Waals surface area contributed by atoms with Gasteiger partial charge < -0.3 is 4.74 Å². The van der Waals surface area contributed by atoms with E-state index >= 15 is 0 Å². The molecule has 0 N–H and O–H groups in total. The van der Waals surface area contributed by atoms with Crippen LogP contribution in [0, 0.1) is 0 Å². The van der Waals surface area contributed by atoms with Gasteiger partial charge in [-0.15, -0.1) is 0 Å². The Kier molecular flexibility index (Phi) is 7.31. The fraction of sp³-hybridized carbons (Fsp3) is 0.800. The lowest BCUT2D eigenvalue weighted by molar-refractivity contribution is 0.393. The lowest BCUT2D eigenvalue weighted by Gasteiger charge is -2.02. The molecular weight excluding hydrogens is 306 g/mol. The molecule has 1 aliphatic heterocycles. The number of hydrogen-bond donors (Lipinski definition) is 0. The van der Waals surface area contributed by atoms with Gasteiger partial charge in [0.2, 0.25) is 20.6 Å². The molecule has 0 spiro atoms. The van der Waals surface area contributed by atoms with Crippen LogP contribution in [0.4, 0.5) is 0 Å². The van der Waals surface area contributed by atoms with Gasteiger partial charge in [0.15, 0.2) is 0 Å². The molecule has 0 saturated carbocycles. The quantitative estimate of drug-likeness (QED) is 0.203. The van der Waals surface area contributed by atoms with Gasteiger partial charge >= 0.3 is 0 Å². The van der Waals surface area contributed by atoms with Crippen molar-refractivity contribution in [1.29, 1.82) is 0 Å². The lowest BCUT2D eigenvalue weighted by Crippen LogP contribution is -2.09. The molecule has 1 unspecified atom stereocenters. The van der Waals surface area contributed by atoms with Crippen LogP contribution < -0.4 is 0 Å². The van der Waals surface area contributed by atoms with E-state index in [1.165, 1.54) is 0 Å². The predicted molar refractivity (Wildman–Crippen MR) is 74.7 cm³/mol. The van der Waals surface area contributed by atoms with Crippen LogP contribution in [0.5, 0.6) is 0 Å². The number of azide groups is 1. The van der Waals surface area contributed by atoms with E-state index in [1.807, 2.05) is 0 Å². The van der Waals surface area contributed by atoms with Crippen molar-refractivity contribution in [1.82, 2.24) is 0 Å². The van der Waals surface area contributed by atoms with Gasteiger partial charge in [0.1, 0.15) is 0 Å². The van der Waals surface area contributed by atoms with Crippen LogP contribution in [0.15, 0.2) is 5.11 Å². The van der Waals surface area contributed by atoms with Crippen molar-refractivity contribution in [3.63, 3.8) is 0 Å². The molecule has 1 fully saturated rings. The maximum absolute atomic E-state index is 11.1. The topological polar surface area (TPSA) is 130 Å². The van der Waals surface area contributed by atoms with Crippen LogP contribution in [0.25, 0.3) is 10.4 Å². The summed E-state index contributed by atoms with van der Waals surface area (Å²) in [5.41, 5.74) is 8.16. The third-order valence-electron chi connectivity index (χ3n) is 2.85. The smallest absolute Gasteiger partial charge is 0.213 e. The summed E-state index contributed by atoms with van der Waals surface area (Å²) >= 11 is 0. The van der Waals surface area contributed by atoms with Gasteiger partial charge in [-0.25, -0.2) is 0 Å². The van der Waals surface area contributed by atoms with E-state index in [2.05, 4.69) is 10.0 Å². The largest absolute Gasteiger partial charge is 0.373 e. The van der Waals surface area contributed by atoms with Gasteiger partial charge in [-0.3, -0.25) is 0 Å². The second-order valence-electron chi connectivity index (χ2n) is 4.28. The van der Waals surface area contributed by atoms with Gasteiger partial charge in [0, 0.05) is 9.78 Å². The van der Waals surface area contributed by atoms with Crippen molar-refractivity contribution < 1.29 is 21.6 Å². The molecule has 0 aromatic rings. The Bertz CT molecular complexity index is 639. The van der Waals surface area contributed by atoms with E-state index in [0.29, 0.717) is 12.8 Å². The van der Waals surface area contributed by atoms with Crippen LogP contribution in [0.1, 0.15) is 32.1 Å². The van der Waals surface area contributed by atoms with Gasteiger partial charge in [0.05, 0.1) is 24.1 Å². The second kappa shape index (κ2) is 8.75. The Hall–Kier alpha value is -1.35. The standard InChI is InChI=1S/C10H15N3O5S2/c11-13-12-6-10(20(16)17)5-4-9(19(14)15)3-1-2-8-7-18-8/h8H,1-7H2. The van der Waals surface area contributed by atoms with Crippen LogP contribution in [-0.2, 0) is 25.3 Å². The summed E-state index contributed by atoms with van der Waals surface area (Å²) in [4.78, 5) is 2.78. The van der Waals surface area contributed by atoms with E-state index in [4.69, 9.17) is 10.3 Å². The van der Waals surface area contributed by atoms with Crippen molar-refractivity contribution in [2.45, 2.75) is 38.2 Å². The number of hydrogen-bond acceptors (Lipinski definition) is 6. The Morgan fingerprint density at radius 1 is 1.15 bits per heavy atom. The Balaban J connectivity index is 2.55. The highest BCUT2D eigenvalue weighted by Gasteiger charge is 2.21. The first kappa shape index (κ1) is 16.7. The maximum atomic E-state index is 11.1. The van der Waals surface area contributed by atoms with E-state index in [0.717, 1.165) is 13.0 Å². The minimum Gasteiger partial charge on any atom is -0.373 e. The fourth-order valence-electron chi connectivity index (χ4n) is 1.66. The highest BCUT2D eigenvalue weighted by atomic mass is 32.2. The molecule has 0 amide bonds. The molecule has 8 nitrogen and oxygen atoms in total. The highest BCUT2D eigenvalue weighted by molar-refractivity contribution is 7.73. The first-order valence-electron chi connectivity index (χ1n) is 6.05. The van der Waals surface area contributed by atoms with Gasteiger partial charge in [-0.2, -0.15) is 16.8 Å². The molecule has 20 heavy (non-hydrogen) atoms. The highest BCUT2D eigenvalue weighted by Crippen LogP contribution is 2.17. The van der Waals surface area contributed by atoms with Gasteiger partial charge in [0.25, 0.3) is 0 Å². The van der Waals surface area contributed by atoms with Crippen molar-refractivity contribution >= 4 is 30.3 Å². The minimum atomic E-state index is -2.47. The zero-order valence-corrected chi connectivity index (χ0v) is 12.4. The first-order chi connectivity index (χ1) is 9.54. The van der Waals surface area contributed by atoms with E-state index < -0.39 is 20.6 Å². The molecular formula is C10H15N3O5S2. The second-order valence-corrected chi connectivity index (χ2v) is 6.38. The first-order valence-corrected chi connectivity index (χ1v) is 8.20. The predicted octanol–water partition coefficient (Wildman–Crippen LogP) is 0.749. The maximum Gasteiger partial charge on any atom is 0.213 e. The molecule has 0 aromatic carbocycles. The summed E-state index contributed by atoms with van der Waals surface area (Å²) in [5.74, 6) is 0. The number of epoxide rings is 1. The summed E-state index contributed by atoms with van der Waals surface area (Å²) in [7, 11) is -4.80. The Labute approximate surface area is 119 Å². The SMILES string of the molecule is [N-]=[N+]=NCC(CCC(CCCC1CO1)=S(=O)=O)=S(=O)=O. The molecule has 1 saturated heterocycles. The molecule has 112 valence electrons. The zero-order chi connectivity index (χ0) is 15.0. The van der Waals surface area contributed by atoms with Crippen molar-refractivity contribution in [3.05, 3.63) is 10.4 Å². The molecule has 1 heterocycles. The molecule has 1 aliphatic rings.